The predicted molar refractivity (Wildman–Crippen MR) is 109 cm³/mol. The number of aromatic nitrogens is 1. The van der Waals surface area contributed by atoms with Gasteiger partial charge in [-0.15, -0.1) is 0 Å². The Labute approximate surface area is 159 Å². The number of nitrogens with one attached hydrogen (secondary N) is 2. The fourth-order valence-electron chi connectivity index (χ4n) is 2.50. The number of benzene rings is 2. The third kappa shape index (κ3) is 5.57. The van der Waals surface area contributed by atoms with Crippen LogP contribution in [0.5, 0.6) is 11.5 Å². The van der Waals surface area contributed by atoms with Gasteiger partial charge in [0.25, 0.3) is 5.91 Å². The van der Waals surface area contributed by atoms with Gasteiger partial charge < -0.3 is 15.4 Å². The van der Waals surface area contributed by atoms with Gasteiger partial charge in [-0.1, -0.05) is 31.5 Å². The third-order valence-corrected chi connectivity index (χ3v) is 3.94. The maximum Gasteiger partial charge on any atom is 0.274 e. The quantitative estimate of drug-likeness (QED) is 0.532. The number of rotatable bonds is 8. The minimum Gasteiger partial charge on any atom is -0.457 e. The van der Waals surface area contributed by atoms with Crippen LogP contribution in [0.25, 0.3) is 0 Å². The van der Waals surface area contributed by atoms with E-state index >= 15 is 0 Å². The molecule has 0 unspecified atom stereocenters. The molecule has 0 aliphatic carbocycles. The lowest BCUT2D eigenvalue weighted by Crippen LogP contribution is -2.14. The Balaban J connectivity index is 1.60. The second-order valence-electron chi connectivity index (χ2n) is 6.10. The smallest absolute Gasteiger partial charge is 0.274 e. The first kappa shape index (κ1) is 18.5. The van der Waals surface area contributed by atoms with Crippen molar-refractivity contribution < 1.29 is 9.53 Å². The van der Waals surface area contributed by atoms with Gasteiger partial charge in [-0.3, -0.25) is 9.78 Å². The highest BCUT2D eigenvalue weighted by Crippen LogP contribution is 2.23. The second kappa shape index (κ2) is 9.38. The van der Waals surface area contributed by atoms with Crippen molar-refractivity contribution in [2.45, 2.75) is 19.8 Å². The molecule has 5 heteroatoms. The zero-order chi connectivity index (χ0) is 18.9. The highest BCUT2D eigenvalue weighted by atomic mass is 16.5. The molecule has 0 saturated heterocycles. The number of unbranched alkanes of at least 4 members (excludes halogenated alkanes) is 1. The lowest BCUT2D eigenvalue weighted by Gasteiger charge is -2.09. The molecular formula is C22H23N3O2. The van der Waals surface area contributed by atoms with Gasteiger partial charge in [0.1, 0.15) is 17.2 Å². The molecule has 27 heavy (non-hydrogen) atoms. The molecule has 3 rings (SSSR count). The molecule has 5 nitrogen and oxygen atoms in total. The Morgan fingerprint density at radius 3 is 2.44 bits per heavy atom. The molecule has 0 radical (unpaired) electrons. The van der Waals surface area contributed by atoms with Crippen LogP contribution in [0, 0.1) is 0 Å². The highest BCUT2D eigenvalue weighted by molar-refractivity contribution is 6.03. The predicted octanol–water partition coefficient (Wildman–Crippen LogP) is 5.34. The Kier molecular flexibility index (Phi) is 6.41. The van der Waals surface area contributed by atoms with Crippen molar-refractivity contribution >= 4 is 17.3 Å². The van der Waals surface area contributed by atoms with Crippen LogP contribution in [0.15, 0.2) is 72.9 Å². The summed E-state index contributed by atoms with van der Waals surface area (Å²) in [6, 6.07) is 20.4. The summed E-state index contributed by atoms with van der Waals surface area (Å²) in [6.45, 7) is 3.02. The SMILES string of the molecule is CCCCNc1ccnc(C(=O)Nc2ccc(Oc3ccccc3)cc2)c1. The van der Waals surface area contributed by atoms with Crippen LogP contribution in [-0.2, 0) is 0 Å². The first-order valence-corrected chi connectivity index (χ1v) is 9.09. The van der Waals surface area contributed by atoms with Crippen molar-refractivity contribution in [2.24, 2.45) is 0 Å². The summed E-state index contributed by atoms with van der Waals surface area (Å²) in [5, 5.41) is 6.16. The van der Waals surface area contributed by atoms with Crippen LogP contribution in [0.1, 0.15) is 30.3 Å². The van der Waals surface area contributed by atoms with Crippen LogP contribution in [0.4, 0.5) is 11.4 Å². The van der Waals surface area contributed by atoms with Gasteiger partial charge in [0.15, 0.2) is 0 Å². The first-order valence-electron chi connectivity index (χ1n) is 9.09. The lowest BCUT2D eigenvalue weighted by atomic mass is 10.2. The Bertz CT molecular complexity index is 864. The van der Waals surface area contributed by atoms with Crippen molar-refractivity contribution in [1.82, 2.24) is 4.98 Å². The molecule has 2 aromatic carbocycles. The number of anilines is 2. The molecule has 0 bridgehead atoms. The molecule has 0 saturated carbocycles. The van der Waals surface area contributed by atoms with Crippen molar-refractivity contribution in [3.05, 3.63) is 78.6 Å². The van der Waals surface area contributed by atoms with Crippen molar-refractivity contribution in [3.63, 3.8) is 0 Å². The maximum absolute atomic E-state index is 12.4. The van der Waals surface area contributed by atoms with Gasteiger partial charge in [0, 0.05) is 24.1 Å². The second-order valence-corrected chi connectivity index (χ2v) is 6.10. The van der Waals surface area contributed by atoms with Gasteiger partial charge in [-0.2, -0.15) is 0 Å². The number of carbonyl (C=O) groups is 1. The van der Waals surface area contributed by atoms with Crippen molar-refractivity contribution in [3.8, 4) is 11.5 Å². The summed E-state index contributed by atoms with van der Waals surface area (Å²) < 4.78 is 5.75. The average Bonchev–Trinajstić information content (AvgIpc) is 2.71. The fourth-order valence-corrected chi connectivity index (χ4v) is 2.50. The fraction of sp³-hybridized carbons (Fsp3) is 0.182. The molecule has 1 heterocycles. The third-order valence-electron chi connectivity index (χ3n) is 3.94. The molecular weight excluding hydrogens is 338 g/mol. The maximum atomic E-state index is 12.4. The number of hydrogen-bond donors (Lipinski definition) is 2. The summed E-state index contributed by atoms with van der Waals surface area (Å²) in [5.74, 6) is 1.23. The largest absolute Gasteiger partial charge is 0.457 e. The minimum atomic E-state index is -0.245. The molecule has 0 aliphatic rings. The molecule has 2 N–H and O–H groups in total. The van der Waals surface area contributed by atoms with Crippen LogP contribution < -0.4 is 15.4 Å². The molecule has 0 atom stereocenters. The molecule has 0 fully saturated rings. The summed E-state index contributed by atoms with van der Waals surface area (Å²) >= 11 is 0. The molecule has 1 amide bonds. The Hall–Kier alpha value is -3.34. The van der Waals surface area contributed by atoms with E-state index in [0.717, 1.165) is 30.8 Å². The zero-order valence-electron chi connectivity index (χ0n) is 15.3. The average molecular weight is 361 g/mol. The van der Waals surface area contributed by atoms with E-state index in [1.54, 1.807) is 24.4 Å². The van der Waals surface area contributed by atoms with Gasteiger partial charge in [0.2, 0.25) is 0 Å². The van der Waals surface area contributed by atoms with Gasteiger partial charge in [0.05, 0.1) is 0 Å². The van der Waals surface area contributed by atoms with E-state index < -0.39 is 0 Å². The number of nitrogens with zero attached hydrogens (tertiary/aromatic N) is 1. The van der Waals surface area contributed by atoms with Crippen LogP contribution in [0.3, 0.4) is 0 Å². The molecule has 1 aromatic heterocycles. The lowest BCUT2D eigenvalue weighted by molar-refractivity contribution is 0.102. The first-order chi connectivity index (χ1) is 13.2. The van der Waals surface area contributed by atoms with E-state index in [4.69, 9.17) is 4.74 Å². The number of amides is 1. The van der Waals surface area contributed by atoms with E-state index in [2.05, 4.69) is 22.5 Å². The highest BCUT2D eigenvalue weighted by Gasteiger charge is 2.09. The molecule has 0 aliphatic heterocycles. The number of ether oxygens (including phenoxy) is 1. The summed E-state index contributed by atoms with van der Waals surface area (Å²) in [4.78, 5) is 16.6. The standard InChI is InChI=1S/C22H23N3O2/c1-2-3-14-23-18-13-15-24-21(16-18)22(26)25-17-9-11-20(12-10-17)27-19-7-5-4-6-8-19/h4-13,15-16H,2-3,14H2,1H3,(H,23,24)(H,25,26). The van der Waals surface area contributed by atoms with Gasteiger partial charge in [-0.05, 0) is 55.0 Å². The van der Waals surface area contributed by atoms with E-state index in [1.807, 2.05) is 48.5 Å². The summed E-state index contributed by atoms with van der Waals surface area (Å²) in [7, 11) is 0. The summed E-state index contributed by atoms with van der Waals surface area (Å²) in [5.41, 5.74) is 1.96. The topological polar surface area (TPSA) is 63.2 Å². The zero-order valence-corrected chi connectivity index (χ0v) is 15.3. The minimum absolute atomic E-state index is 0.245. The van der Waals surface area contributed by atoms with Crippen molar-refractivity contribution in [2.75, 3.05) is 17.2 Å². The molecule has 3 aromatic rings. The number of pyridine rings is 1. The Morgan fingerprint density at radius 1 is 0.963 bits per heavy atom. The van der Waals surface area contributed by atoms with E-state index in [0.29, 0.717) is 17.1 Å². The van der Waals surface area contributed by atoms with E-state index in [9.17, 15) is 4.79 Å². The molecule has 0 spiro atoms. The molecule has 138 valence electrons. The normalized spacial score (nSPS) is 10.3. The van der Waals surface area contributed by atoms with E-state index in [1.165, 1.54) is 0 Å². The van der Waals surface area contributed by atoms with Crippen molar-refractivity contribution in [1.29, 1.82) is 0 Å². The number of hydrogen-bond acceptors (Lipinski definition) is 4. The van der Waals surface area contributed by atoms with Crippen LogP contribution in [0.2, 0.25) is 0 Å². The van der Waals surface area contributed by atoms with Gasteiger partial charge >= 0.3 is 0 Å². The van der Waals surface area contributed by atoms with Crippen LogP contribution in [-0.4, -0.2) is 17.4 Å². The Morgan fingerprint density at radius 2 is 1.70 bits per heavy atom. The van der Waals surface area contributed by atoms with E-state index in [-0.39, 0.29) is 5.91 Å². The summed E-state index contributed by atoms with van der Waals surface area (Å²) in [6.07, 6.45) is 3.84. The number of carbonyl (C=O) groups excluding carboxylic acids is 1. The number of para-hydroxylation sites is 1. The van der Waals surface area contributed by atoms with Crippen LogP contribution >= 0.6 is 0 Å². The monoisotopic (exact) mass is 361 g/mol. The van der Waals surface area contributed by atoms with Gasteiger partial charge in [-0.25, -0.2) is 0 Å².